The number of hydrogen-bond acceptors (Lipinski definition) is 1. The van der Waals surface area contributed by atoms with Crippen LogP contribution in [0.2, 0.25) is 0 Å². The highest BCUT2D eigenvalue weighted by Gasteiger charge is 2.01. The number of unbranched alkanes of at least 4 members (excludes halogenated alkanes) is 8. The summed E-state index contributed by atoms with van der Waals surface area (Å²) < 4.78 is 1.12. The minimum atomic E-state index is 0.709. The zero-order valence-electron chi connectivity index (χ0n) is 22.3. The summed E-state index contributed by atoms with van der Waals surface area (Å²) in [7, 11) is 0. The number of nitriles is 1. The van der Waals surface area contributed by atoms with Crippen molar-refractivity contribution < 1.29 is 0 Å². The maximum atomic E-state index is 8.95. The Morgan fingerprint density at radius 2 is 0.737 bits per heavy atom. The van der Waals surface area contributed by atoms with E-state index in [2.05, 4.69) is 94.8 Å². The molecule has 0 aromatic heterocycles. The molecule has 0 aliphatic rings. The van der Waals surface area contributed by atoms with Crippen LogP contribution < -0.4 is 0 Å². The van der Waals surface area contributed by atoms with E-state index in [0.29, 0.717) is 5.56 Å². The molecule has 0 aliphatic heterocycles. The summed E-state index contributed by atoms with van der Waals surface area (Å²) in [5.74, 6) is 0. The highest BCUT2D eigenvalue weighted by Crippen LogP contribution is 2.23. The predicted octanol–water partition coefficient (Wildman–Crippen LogP) is 11.0. The summed E-state index contributed by atoms with van der Waals surface area (Å²) in [5.41, 5.74) is 8.53. The van der Waals surface area contributed by atoms with Gasteiger partial charge in [0, 0.05) is 4.47 Å². The Bertz CT molecular complexity index is 1260. The van der Waals surface area contributed by atoms with Gasteiger partial charge in [0.15, 0.2) is 0 Å². The zero-order chi connectivity index (χ0) is 26.4. The molecule has 0 aliphatic carbocycles. The Morgan fingerprint density at radius 3 is 1.11 bits per heavy atom. The molecule has 38 heavy (non-hydrogen) atoms. The van der Waals surface area contributed by atoms with Crippen molar-refractivity contribution in [2.75, 3.05) is 0 Å². The fourth-order valence-electron chi connectivity index (χ4n) is 5.00. The van der Waals surface area contributed by atoms with Crippen molar-refractivity contribution >= 4 is 15.9 Å². The van der Waals surface area contributed by atoms with Crippen LogP contribution in [0.15, 0.2) is 102 Å². The van der Waals surface area contributed by atoms with Crippen LogP contribution in [0.3, 0.4) is 0 Å². The molecule has 0 spiro atoms. The summed E-state index contributed by atoms with van der Waals surface area (Å²) in [5, 5.41) is 8.95. The molecule has 194 valence electrons. The number of benzene rings is 4. The van der Waals surface area contributed by atoms with E-state index in [4.69, 9.17) is 5.26 Å². The van der Waals surface area contributed by atoms with Crippen LogP contribution in [0, 0.1) is 11.3 Å². The molecular formula is C36H38BrN. The van der Waals surface area contributed by atoms with Gasteiger partial charge in [0.2, 0.25) is 0 Å². The Kier molecular flexibility index (Phi) is 11.2. The highest BCUT2D eigenvalue weighted by molar-refractivity contribution is 9.10. The van der Waals surface area contributed by atoms with Crippen molar-refractivity contribution in [2.24, 2.45) is 0 Å². The molecule has 0 fully saturated rings. The van der Waals surface area contributed by atoms with Gasteiger partial charge in [-0.2, -0.15) is 5.26 Å². The van der Waals surface area contributed by atoms with Crippen LogP contribution in [-0.4, -0.2) is 0 Å². The summed E-state index contributed by atoms with van der Waals surface area (Å²) in [6, 6.07) is 36.5. The first-order chi connectivity index (χ1) is 18.7. The predicted molar refractivity (Wildman–Crippen MR) is 165 cm³/mol. The van der Waals surface area contributed by atoms with Crippen molar-refractivity contribution in [3.63, 3.8) is 0 Å². The number of aryl methyl sites for hydroxylation is 2. The topological polar surface area (TPSA) is 23.8 Å². The summed E-state index contributed by atoms with van der Waals surface area (Å²) in [6.07, 6.45) is 14.4. The third kappa shape index (κ3) is 9.00. The van der Waals surface area contributed by atoms with E-state index >= 15 is 0 Å². The van der Waals surface area contributed by atoms with E-state index < -0.39 is 0 Å². The first kappa shape index (κ1) is 27.9. The van der Waals surface area contributed by atoms with Crippen LogP contribution in [0.25, 0.3) is 22.3 Å². The highest BCUT2D eigenvalue weighted by atomic mass is 79.9. The number of nitrogens with zero attached hydrogens (tertiary/aromatic N) is 1. The lowest BCUT2D eigenvalue weighted by molar-refractivity contribution is 0.558. The third-order valence-electron chi connectivity index (χ3n) is 7.36. The number of rotatable bonds is 14. The lowest BCUT2D eigenvalue weighted by Gasteiger charge is -2.06. The Labute approximate surface area is 237 Å². The molecule has 0 heterocycles. The van der Waals surface area contributed by atoms with Crippen molar-refractivity contribution in [1.29, 1.82) is 5.26 Å². The Hall–Kier alpha value is -3.15. The number of halogens is 1. The average Bonchev–Trinajstić information content (AvgIpc) is 2.97. The maximum absolute atomic E-state index is 8.95. The molecule has 2 heteroatoms. The van der Waals surface area contributed by atoms with Gasteiger partial charge < -0.3 is 0 Å². The first-order valence-electron chi connectivity index (χ1n) is 14.2. The van der Waals surface area contributed by atoms with E-state index in [1.54, 1.807) is 0 Å². The van der Waals surface area contributed by atoms with Gasteiger partial charge in [-0.3, -0.25) is 0 Å². The van der Waals surface area contributed by atoms with Gasteiger partial charge in [0.1, 0.15) is 0 Å². The van der Waals surface area contributed by atoms with E-state index in [0.717, 1.165) is 10.9 Å². The molecular weight excluding hydrogens is 526 g/mol. The second kappa shape index (κ2) is 15.3. The van der Waals surface area contributed by atoms with Gasteiger partial charge in [0.25, 0.3) is 0 Å². The maximum Gasteiger partial charge on any atom is 0.0991 e. The van der Waals surface area contributed by atoms with Crippen molar-refractivity contribution in [2.45, 2.75) is 70.6 Å². The van der Waals surface area contributed by atoms with Crippen LogP contribution >= 0.6 is 15.9 Å². The minimum Gasteiger partial charge on any atom is -0.192 e. The van der Waals surface area contributed by atoms with Crippen molar-refractivity contribution in [3.8, 4) is 28.3 Å². The quantitative estimate of drug-likeness (QED) is 0.140. The smallest absolute Gasteiger partial charge is 0.0991 e. The van der Waals surface area contributed by atoms with Crippen LogP contribution in [0.1, 0.15) is 74.5 Å². The molecule has 1 nitrogen and oxygen atoms in total. The molecule has 0 bridgehead atoms. The van der Waals surface area contributed by atoms with Crippen molar-refractivity contribution in [3.05, 3.63) is 118 Å². The fourth-order valence-corrected chi connectivity index (χ4v) is 5.27. The van der Waals surface area contributed by atoms with E-state index in [1.165, 1.54) is 97.6 Å². The Morgan fingerprint density at radius 1 is 0.421 bits per heavy atom. The van der Waals surface area contributed by atoms with E-state index in [9.17, 15) is 0 Å². The second-order valence-electron chi connectivity index (χ2n) is 10.3. The molecule has 0 amide bonds. The minimum absolute atomic E-state index is 0.709. The molecule has 0 N–H and O–H groups in total. The molecule has 0 radical (unpaired) electrons. The van der Waals surface area contributed by atoms with Gasteiger partial charge in [-0.05, 0) is 83.3 Å². The Balaban J connectivity index is 1.01. The standard InChI is InChI=1S/C36H38BrN/c37-36-26-24-35(25-27-36)33-20-14-30(15-21-33)11-9-7-5-3-1-2-4-6-8-10-29-12-18-32(19-13-29)34-22-16-31(28-38)17-23-34/h12-27H,1-11H2. The lowest BCUT2D eigenvalue weighted by Crippen LogP contribution is -1.88. The largest absolute Gasteiger partial charge is 0.192 e. The number of hydrogen-bond donors (Lipinski definition) is 0. The van der Waals surface area contributed by atoms with Gasteiger partial charge in [-0.1, -0.05) is 134 Å². The SMILES string of the molecule is N#Cc1ccc(-c2ccc(CCCCCCCCCCCc3ccc(-c4ccc(Br)cc4)cc3)cc2)cc1. The van der Waals surface area contributed by atoms with Crippen LogP contribution in [-0.2, 0) is 12.8 Å². The van der Waals surface area contributed by atoms with Gasteiger partial charge in [-0.25, -0.2) is 0 Å². The van der Waals surface area contributed by atoms with E-state index in [-0.39, 0.29) is 0 Å². The molecule has 0 saturated heterocycles. The molecule has 0 atom stereocenters. The summed E-state index contributed by atoms with van der Waals surface area (Å²) in [4.78, 5) is 0. The average molecular weight is 565 g/mol. The van der Waals surface area contributed by atoms with Crippen molar-refractivity contribution in [1.82, 2.24) is 0 Å². The van der Waals surface area contributed by atoms with Gasteiger partial charge >= 0.3 is 0 Å². The third-order valence-corrected chi connectivity index (χ3v) is 7.89. The first-order valence-corrected chi connectivity index (χ1v) is 14.9. The second-order valence-corrected chi connectivity index (χ2v) is 11.2. The summed E-state index contributed by atoms with van der Waals surface area (Å²) in [6.45, 7) is 0. The lowest BCUT2D eigenvalue weighted by atomic mass is 9.99. The molecule has 4 aromatic rings. The zero-order valence-corrected chi connectivity index (χ0v) is 23.9. The molecule has 4 rings (SSSR count). The monoisotopic (exact) mass is 563 g/mol. The van der Waals surface area contributed by atoms with Crippen LogP contribution in [0.5, 0.6) is 0 Å². The molecule has 0 saturated carbocycles. The van der Waals surface area contributed by atoms with Gasteiger partial charge in [0.05, 0.1) is 11.6 Å². The normalized spacial score (nSPS) is 10.8. The molecule has 0 unspecified atom stereocenters. The van der Waals surface area contributed by atoms with Crippen LogP contribution in [0.4, 0.5) is 0 Å². The molecule has 4 aromatic carbocycles. The fraction of sp³-hybridized carbons (Fsp3) is 0.306. The van der Waals surface area contributed by atoms with Gasteiger partial charge in [-0.15, -0.1) is 0 Å². The summed E-state index contributed by atoms with van der Waals surface area (Å²) >= 11 is 3.51. The van der Waals surface area contributed by atoms with E-state index in [1.807, 2.05) is 24.3 Å².